The van der Waals surface area contributed by atoms with Gasteiger partial charge in [-0.2, -0.15) is 5.26 Å². The molecule has 0 saturated carbocycles. The summed E-state index contributed by atoms with van der Waals surface area (Å²) in [5.41, 5.74) is 1.22. The van der Waals surface area contributed by atoms with Gasteiger partial charge in [0.2, 0.25) is 0 Å². The van der Waals surface area contributed by atoms with Crippen molar-refractivity contribution in [1.82, 2.24) is 4.90 Å². The van der Waals surface area contributed by atoms with E-state index in [2.05, 4.69) is 23.1 Å². The topological polar surface area (TPSA) is 45.5 Å². The lowest BCUT2D eigenvalue weighted by molar-refractivity contribution is -0.140. The van der Waals surface area contributed by atoms with E-state index < -0.39 is 0 Å². The van der Waals surface area contributed by atoms with Gasteiger partial charge in [0.1, 0.15) is 0 Å². The highest BCUT2D eigenvalue weighted by Gasteiger charge is 2.42. The van der Waals surface area contributed by atoms with Crippen molar-refractivity contribution in [3.05, 3.63) is 35.9 Å². The Bertz CT molecular complexity index is 499. The molecule has 2 aliphatic heterocycles. The van der Waals surface area contributed by atoms with Gasteiger partial charge < -0.3 is 9.47 Å². The third-order valence-electron chi connectivity index (χ3n) is 4.51. The number of benzene rings is 1. The summed E-state index contributed by atoms with van der Waals surface area (Å²) in [6, 6.07) is 13.3. The highest BCUT2D eigenvalue weighted by atomic mass is 16.7. The van der Waals surface area contributed by atoms with Crippen LogP contribution < -0.4 is 0 Å². The Morgan fingerprint density at radius 1 is 1.33 bits per heavy atom. The van der Waals surface area contributed by atoms with E-state index in [1.165, 1.54) is 5.56 Å². The summed E-state index contributed by atoms with van der Waals surface area (Å²) in [6.07, 6.45) is 2.71. The monoisotopic (exact) mass is 286 g/mol. The van der Waals surface area contributed by atoms with Crippen molar-refractivity contribution in [1.29, 1.82) is 5.26 Å². The van der Waals surface area contributed by atoms with Crippen molar-refractivity contribution >= 4 is 0 Å². The lowest BCUT2D eigenvalue weighted by Gasteiger charge is -2.32. The highest BCUT2D eigenvalue weighted by Crippen LogP contribution is 2.38. The summed E-state index contributed by atoms with van der Waals surface area (Å²) >= 11 is 0. The Morgan fingerprint density at radius 3 is 2.86 bits per heavy atom. The molecule has 2 heterocycles. The van der Waals surface area contributed by atoms with Crippen LogP contribution in [0.4, 0.5) is 0 Å². The number of hydrogen-bond donors (Lipinski definition) is 0. The Kier molecular flexibility index (Phi) is 4.54. The minimum atomic E-state index is -0.145. The number of fused-ring (bicyclic) bond motifs is 1. The standard InChI is InChI=1S/C17H22N2O2/c1-2-20-17-10-14-8-9-15(11-18)19(14)16(12-21-17)13-6-4-3-5-7-13/h3-7,14-17H,2,8-10,12H2,1H3/t14-,15?,16+,17?/m1/s1. The van der Waals surface area contributed by atoms with Crippen LogP contribution in [0.5, 0.6) is 0 Å². The first kappa shape index (κ1) is 14.5. The zero-order valence-electron chi connectivity index (χ0n) is 12.4. The predicted octanol–water partition coefficient (Wildman–Crippen LogP) is 2.87. The van der Waals surface area contributed by atoms with E-state index in [0.29, 0.717) is 19.3 Å². The third kappa shape index (κ3) is 2.96. The van der Waals surface area contributed by atoms with Gasteiger partial charge in [-0.1, -0.05) is 30.3 Å². The molecule has 0 radical (unpaired) electrons. The van der Waals surface area contributed by atoms with Crippen molar-refractivity contribution < 1.29 is 9.47 Å². The minimum absolute atomic E-state index is 0.0100. The Morgan fingerprint density at radius 2 is 2.14 bits per heavy atom. The van der Waals surface area contributed by atoms with Crippen molar-refractivity contribution in [2.24, 2.45) is 0 Å². The van der Waals surface area contributed by atoms with Crippen LogP contribution in [0.25, 0.3) is 0 Å². The summed E-state index contributed by atoms with van der Waals surface area (Å²) in [4.78, 5) is 2.36. The van der Waals surface area contributed by atoms with Crippen LogP contribution in [0.2, 0.25) is 0 Å². The van der Waals surface area contributed by atoms with Crippen LogP contribution in [0.15, 0.2) is 30.3 Å². The van der Waals surface area contributed by atoms with Crippen molar-refractivity contribution in [2.45, 2.75) is 50.6 Å². The van der Waals surface area contributed by atoms with E-state index in [4.69, 9.17) is 9.47 Å². The first-order chi connectivity index (χ1) is 10.3. The molecule has 4 atom stereocenters. The van der Waals surface area contributed by atoms with E-state index in [1.54, 1.807) is 0 Å². The van der Waals surface area contributed by atoms with Gasteiger partial charge in [-0.3, -0.25) is 4.90 Å². The average molecular weight is 286 g/mol. The number of hydrogen-bond acceptors (Lipinski definition) is 4. The number of nitrogens with zero attached hydrogens (tertiary/aromatic N) is 2. The Labute approximate surface area is 126 Å². The fourth-order valence-corrected chi connectivity index (χ4v) is 3.57. The van der Waals surface area contributed by atoms with Crippen molar-refractivity contribution in [3.63, 3.8) is 0 Å². The lowest BCUT2D eigenvalue weighted by Crippen LogP contribution is -2.39. The Balaban J connectivity index is 1.88. The van der Waals surface area contributed by atoms with Crippen LogP contribution in [-0.4, -0.2) is 36.5 Å². The van der Waals surface area contributed by atoms with E-state index in [9.17, 15) is 5.26 Å². The van der Waals surface area contributed by atoms with Gasteiger partial charge in [0.05, 0.1) is 24.8 Å². The smallest absolute Gasteiger partial charge is 0.159 e. The number of ether oxygens (including phenoxy) is 2. The first-order valence-electron chi connectivity index (χ1n) is 7.78. The summed E-state index contributed by atoms with van der Waals surface area (Å²) in [5, 5.41) is 9.47. The summed E-state index contributed by atoms with van der Waals surface area (Å²) < 4.78 is 11.7. The van der Waals surface area contributed by atoms with E-state index >= 15 is 0 Å². The Hall–Kier alpha value is -1.41. The van der Waals surface area contributed by atoms with E-state index in [-0.39, 0.29) is 18.4 Å². The molecule has 0 bridgehead atoms. The highest BCUT2D eigenvalue weighted by molar-refractivity contribution is 5.21. The fourth-order valence-electron chi connectivity index (χ4n) is 3.57. The maximum atomic E-state index is 9.47. The van der Waals surface area contributed by atoms with E-state index in [0.717, 1.165) is 19.3 Å². The second-order valence-corrected chi connectivity index (χ2v) is 5.70. The van der Waals surface area contributed by atoms with Gasteiger partial charge in [0.25, 0.3) is 0 Å². The van der Waals surface area contributed by atoms with E-state index in [1.807, 2.05) is 25.1 Å². The molecule has 1 aromatic rings. The summed E-state index contributed by atoms with van der Waals surface area (Å²) in [7, 11) is 0. The molecule has 21 heavy (non-hydrogen) atoms. The number of rotatable bonds is 3. The number of nitriles is 1. The average Bonchev–Trinajstić information content (AvgIpc) is 2.82. The summed E-state index contributed by atoms with van der Waals surface area (Å²) in [5.74, 6) is 0. The van der Waals surface area contributed by atoms with Gasteiger partial charge in [0.15, 0.2) is 6.29 Å². The molecule has 4 nitrogen and oxygen atoms in total. The zero-order chi connectivity index (χ0) is 14.7. The van der Waals surface area contributed by atoms with Gasteiger partial charge >= 0.3 is 0 Å². The maximum Gasteiger partial charge on any atom is 0.159 e. The molecule has 0 amide bonds. The second-order valence-electron chi connectivity index (χ2n) is 5.70. The molecule has 3 rings (SSSR count). The molecule has 2 fully saturated rings. The molecule has 0 aliphatic carbocycles. The SMILES string of the molecule is CCOC1C[C@H]2CCC(C#N)N2[C@H](c2ccccc2)CO1. The molecule has 2 aliphatic rings. The molecule has 0 aromatic heterocycles. The lowest BCUT2D eigenvalue weighted by atomic mass is 10.0. The van der Waals surface area contributed by atoms with Crippen LogP contribution in [0.1, 0.15) is 37.8 Å². The molecule has 4 heteroatoms. The van der Waals surface area contributed by atoms with Gasteiger partial charge in [-0.05, 0) is 25.3 Å². The van der Waals surface area contributed by atoms with Gasteiger partial charge in [-0.25, -0.2) is 0 Å². The maximum absolute atomic E-state index is 9.47. The molecule has 1 aromatic carbocycles. The molecule has 112 valence electrons. The van der Waals surface area contributed by atoms with Crippen molar-refractivity contribution in [2.75, 3.05) is 13.2 Å². The predicted molar refractivity (Wildman–Crippen MR) is 79.4 cm³/mol. The second kappa shape index (κ2) is 6.57. The molecular weight excluding hydrogens is 264 g/mol. The van der Waals surface area contributed by atoms with Gasteiger partial charge in [0, 0.05) is 19.1 Å². The van der Waals surface area contributed by atoms with Crippen LogP contribution in [-0.2, 0) is 9.47 Å². The molecular formula is C17H22N2O2. The largest absolute Gasteiger partial charge is 0.353 e. The molecule has 2 unspecified atom stereocenters. The third-order valence-corrected chi connectivity index (χ3v) is 4.51. The molecule has 0 spiro atoms. The fraction of sp³-hybridized carbons (Fsp3) is 0.588. The zero-order valence-corrected chi connectivity index (χ0v) is 12.4. The molecule has 0 N–H and O–H groups in total. The minimum Gasteiger partial charge on any atom is -0.353 e. The summed E-state index contributed by atoms with van der Waals surface area (Å²) in [6.45, 7) is 3.24. The first-order valence-corrected chi connectivity index (χ1v) is 7.78. The van der Waals surface area contributed by atoms with Gasteiger partial charge in [-0.15, -0.1) is 0 Å². The van der Waals surface area contributed by atoms with Crippen LogP contribution in [0.3, 0.4) is 0 Å². The van der Waals surface area contributed by atoms with Crippen LogP contribution >= 0.6 is 0 Å². The normalized spacial score (nSPS) is 33.1. The van der Waals surface area contributed by atoms with Crippen LogP contribution in [0, 0.1) is 11.3 Å². The quantitative estimate of drug-likeness (QED) is 0.857. The van der Waals surface area contributed by atoms with Crippen molar-refractivity contribution in [3.8, 4) is 6.07 Å². The molecule has 2 saturated heterocycles.